The predicted octanol–water partition coefficient (Wildman–Crippen LogP) is 1.97. The van der Waals surface area contributed by atoms with Gasteiger partial charge in [0.15, 0.2) is 0 Å². The summed E-state index contributed by atoms with van der Waals surface area (Å²) >= 11 is 0. The zero-order valence-corrected chi connectivity index (χ0v) is 8.82. The first-order chi connectivity index (χ1) is 6.41. The molecular formula is C10H17NO3. The molecule has 2 N–H and O–H groups in total. The van der Waals surface area contributed by atoms with E-state index in [4.69, 9.17) is 10.3 Å². The van der Waals surface area contributed by atoms with E-state index < -0.39 is 5.97 Å². The van der Waals surface area contributed by atoms with Gasteiger partial charge in [0.25, 0.3) is 0 Å². The molecule has 0 aromatic carbocycles. The van der Waals surface area contributed by atoms with Gasteiger partial charge in [0.2, 0.25) is 0 Å². The van der Waals surface area contributed by atoms with Crippen LogP contribution in [0.15, 0.2) is 5.16 Å². The minimum Gasteiger partial charge on any atom is -0.481 e. The van der Waals surface area contributed by atoms with Gasteiger partial charge in [0, 0.05) is 5.92 Å². The molecule has 0 saturated heterocycles. The number of rotatable bonds is 1. The summed E-state index contributed by atoms with van der Waals surface area (Å²) in [5, 5.41) is 21.0. The van der Waals surface area contributed by atoms with Crippen LogP contribution < -0.4 is 0 Å². The lowest BCUT2D eigenvalue weighted by Crippen LogP contribution is -2.44. The molecule has 2 atom stereocenters. The second-order valence-corrected chi connectivity index (χ2v) is 4.56. The summed E-state index contributed by atoms with van der Waals surface area (Å²) in [7, 11) is 0. The monoisotopic (exact) mass is 199 g/mol. The van der Waals surface area contributed by atoms with E-state index in [1.165, 1.54) is 0 Å². The minimum atomic E-state index is -0.751. The Labute approximate surface area is 83.6 Å². The van der Waals surface area contributed by atoms with E-state index in [-0.39, 0.29) is 17.3 Å². The van der Waals surface area contributed by atoms with Crippen molar-refractivity contribution in [3.8, 4) is 0 Å². The molecule has 1 rings (SSSR count). The molecular weight excluding hydrogens is 182 g/mol. The number of hydrogen-bond donors (Lipinski definition) is 2. The van der Waals surface area contributed by atoms with Crippen molar-refractivity contribution in [1.29, 1.82) is 0 Å². The van der Waals surface area contributed by atoms with Crippen molar-refractivity contribution in [3.05, 3.63) is 0 Å². The molecule has 0 aliphatic heterocycles. The number of carbonyl (C=O) groups is 1. The molecule has 0 unspecified atom stereocenters. The van der Waals surface area contributed by atoms with E-state index in [1.54, 1.807) is 0 Å². The van der Waals surface area contributed by atoms with Crippen molar-refractivity contribution in [2.45, 2.75) is 33.6 Å². The average Bonchev–Trinajstić information content (AvgIpc) is 2.08. The van der Waals surface area contributed by atoms with Gasteiger partial charge in [-0.1, -0.05) is 25.9 Å². The van der Waals surface area contributed by atoms with Crippen molar-refractivity contribution in [2.24, 2.45) is 22.4 Å². The Hall–Kier alpha value is -1.06. The lowest BCUT2D eigenvalue weighted by molar-refractivity contribution is -0.147. The Morgan fingerprint density at radius 2 is 2.14 bits per heavy atom. The molecule has 0 bridgehead atoms. The maximum absolute atomic E-state index is 11.0. The Balaban J connectivity index is 2.96. The summed E-state index contributed by atoms with van der Waals surface area (Å²) < 4.78 is 0. The average molecular weight is 199 g/mol. The maximum atomic E-state index is 11.0. The van der Waals surface area contributed by atoms with Crippen LogP contribution in [0.25, 0.3) is 0 Å². The zero-order chi connectivity index (χ0) is 10.9. The van der Waals surface area contributed by atoms with Crippen LogP contribution in [-0.4, -0.2) is 22.0 Å². The molecule has 1 aliphatic rings. The fourth-order valence-electron chi connectivity index (χ4n) is 2.19. The van der Waals surface area contributed by atoms with Crippen molar-refractivity contribution in [1.82, 2.24) is 0 Å². The third-order valence-electron chi connectivity index (χ3n) is 3.63. The summed E-state index contributed by atoms with van der Waals surface area (Å²) in [4.78, 5) is 11.0. The summed E-state index contributed by atoms with van der Waals surface area (Å²) in [5.41, 5.74) is 0.374. The molecule has 1 fully saturated rings. The van der Waals surface area contributed by atoms with E-state index in [2.05, 4.69) is 5.16 Å². The fourth-order valence-corrected chi connectivity index (χ4v) is 2.19. The number of nitrogens with zero attached hydrogens (tertiary/aromatic N) is 1. The Morgan fingerprint density at radius 3 is 2.57 bits per heavy atom. The number of carboxylic acid groups (broad SMARTS) is 1. The molecule has 0 aromatic rings. The van der Waals surface area contributed by atoms with Gasteiger partial charge in [-0.05, 0) is 18.3 Å². The van der Waals surface area contributed by atoms with Crippen LogP contribution in [0.4, 0.5) is 0 Å². The van der Waals surface area contributed by atoms with Crippen LogP contribution in [-0.2, 0) is 4.79 Å². The highest BCUT2D eigenvalue weighted by atomic mass is 16.4. The highest BCUT2D eigenvalue weighted by Gasteiger charge is 2.44. The normalized spacial score (nSPS) is 34.4. The molecule has 0 spiro atoms. The van der Waals surface area contributed by atoms with E-state index >= 15 is 0 Å². The van der Waals surface area contributed by atoms with Gasteiger partial charge in [-0.25, -0.2) is 0 Å². The first kappa shape index (κ1) is 11.0. The third kappa shape index (κ3) is 1.61. The quantitative estimate of drug-likeness (QED) is 0.501. The Kier molecular flexibility index (Phi) is 2.83. The molecule has 0 heterocycles. The highest BCUT2D eigenvalue weighted by Crippen LogP contribution is 2.43. The van der Waals surface area contributed by atoms with Gasteiger partial charge in [-0.2, -0.15) is 0 Å². The number of aliphatic carboxylic acids is 1. The molecule has 4 nitrogen and oxygen atoms in total. The Bertz CT molecular complexity index is 271. The predicted molar refractivity (Wildman–Crippen MR) is 52.5 cm³/mol. The number of oxime groups is 1. The van der Waals surface area contributed by atoms with Crippen molar-refractivity contribution >= 4 is 11.7 Å². The summed E-state index contributed by atoms with van der Waals surface area (Å²) in [6.45, 7) is 5.76. The standard InChI is InChI=1S/C10H17NO3/c1-6-8(11-14)5-4-7(9(12)13)10(6,2)3/h6-7,14H,4-5H2,1-3H3,(H,12,13)/b11-8+/t6-,7-/m1/s1. The molecule has 1 aliphatic carbocycles. The second-order valence-electron chi connectivity index (χ2n) is 4.56. The molecule has 0 aromatic heterocycles. The summed E-state index contributed by atoms with van der Waals surface area (Å²) in [5.74, 6) is -1.08. The SMILES string of the molecule is C[C@@H]1/C(=N/O)CC[C@H](C(=O)O)C1(C)C. The maximum Gasteiger partial charge on any atom is 0.307 e. The van der Waals surface area contributed by atoms with Crippen LogP contribution in [0.5, 0.6) is 0 Å². The van der Waals surface area contributed by atoms with Gasteiger partial charge in [0.1, 0.15) is 0 Å². The van der Waals surface area contributed by atoms with E-state index in [1.807, 2.05) is 20.8 Å². The van der Waals surface area contributed by atoms with Crippen LogP contribution in [0, 0.1) is 17.3 Å². The zero-order valence-electron chi connectivity index (χ0n) is 8.82. The smallest absolute Gasteiger partial charge is 0.307 e. The fraction of sp³-hybridized carbons (Fsp3) is 0.800. The first-order valence-electron chi connectivity index (χ1n) is 4.85. The van der Waals surface area contributed by atoms with Gasteiger partial charge in [-0.3, -0.25) is 4.79 Å². The van der Waals surface area contributed by atoms with E-state index in [0.717, 1.165) is 0 Å². The van der Waals surface area contributed by atoms with Crippen LogP contribution in [0.3, 0.4) is 0 Å². The van der Waals surface area contributed by atoms with Gasteiger partial charge < -0.3 is 10.3 Å². The topological polar surface area (TPSA) is 69.9 Å². The molecule has 0 radical (unpaired) electrons. The van der Waals surface area contributed by atoms with Gasteiger partial charge in [0.05, 0.1) is 11.6 Å². The summed E-state index contributed by atoms with van der Waals surface area (Å²) in [6, 6.07) is 0. The molecule has 14 heavy (non-hydrogen) atoms. The van der Waals surface area contributed by atoms with Crippen molar-refractivity contribution in [3.63, 3.8) is 0 Å². The number of carboxylic acids is 1. The van der Waals surface area contributed by atoms with Gasteiger partial charge >= 0.3 is 5.97 Å². The van der Waals surface area contributed by atoms with Crippen LogP contribution in [0.2, 0.25) is 0 Å². The van der Waals surface area contributed by atoms with Crippen LogP contribution >= 0.6 is 0 Å². The van der Waals surface area contributed by atoms with Crippen molar-refractivity contribution in [2.75, 3.05) is 0 Å². The van der Waals surface area contributed by atoms with Gasteiger partial charge in [-0.15, -0.1) is 0 Å². The molecule has 1 saturated carbocycles. The largest absolute Gasteiger partial charge is 0.481 e. The molecule has 80 valence electrons. The molecule has 4 heteroatoms. The highest BCUT2D eigenvalue weighted by molar-refractivity contribution is 5.89. The van der Waals surface area contributed by atoms with Crippen LogP contribution in [0.1, 0.15) is 33.6 Å². The minimum absolute atomic E-state index is 0.0161. The van der Waals surface area contributed by atoms with E-state index in [9.17, 15) is 4.79 Å². The van der Waals surface area contributed by atoms with Crippen molar-refractivity contribution < 1.29 is 15.1 Å². The number of hydrogen-bond acceptors (Lipinski definition) is 3. The second kappa shape index (κ2) is 3.59. The van der Waals surface area contributed by atoms with E-state index in [0.29, 0.717) is 18.6 Å². The lowest BCUT2D eigenvalue weighted by Gasteiger charge is -2.41. The Morgan fingerprint density at radius 1 is 1.57 bits per heavy atom. The molecule has 0 amide bonds. The lowest BCUT2D eigenvalue weighted by atomic mass is 9.62. The summed E-state index contributed by atoms with van der Waals surface area (Å²) in [6.07, 6.45) is 1.14. The first-order valence-corrected chi connectivity index (χ1v) is 4.85. The third-order valence-corrected chi connectivity index (χ3v) is 3.63.